The maximum Gasteiger partial charge on any atom is 0.416 e. The third kappa shape index (κ3) is 4.02. The molecule has 4 aromatic rings. The van der Waals surface area contributed by atoms with E-state index in [9.17, 15) is 22.8 Å². The van der Waals surface area contributed by atoms with Crippen LogP contribution in [0.25, 0.3) is 16.2 Å². The Morgan fingerprint density at radius 2 is 1.84 bits per heavy atom. The average Bonchev–Trinajstić information content (AvgIpc) is 3.35. The van der Waals surface area contributed by atoms with Gasteiger partial charge in [0.05, 0.1) is 22.3 Å². The van der Waals surface area contributed by atoms with E-state index in [0.717, 1.165) is 17.4 Å². The molecule has 2 amide bonds. The molecule has 0 aliphatic heterocycles. The number of aromatic nitrogens is 2. The lowest BCUT2D eigenvalue weighted by atomic mass is 10.1. The molecule has 0 aliphatic rings. The number of nitrogens with zero attached hydrogens (tertiary/aromatic N) is 2. The number of alkyl halides is 3. The van der Waals surface area contributed by atoms with Gasteiger partial charge in [0.15, 0.2) is 0 Å². The zero-order valence-corrected chi connectivity index (χ0v) is 17.0. The van der Waals surface area contributed by atoms with Gasteiger partial charge in [-0.15, -0.1) is 11.3 Å². The minimum atomic E-state index is -4.54. The van der Waals surface area contributed by atoms with Gasteiger partial charge in [-0.1, -0.05) is 18.2 Å². The van der Waals surface area contributed by atoms with Gasteiger partial charge >= 0.3 is 6.18 Å². The fourth-order valence-corrected chi connectivity index (χ4v) is 4.13. The number of carbonyl (C=O) groups is 2. The predicted octanol–water partition coefficient (Wildman–Crippen LogP) is 3.86. The van der Waals surface area contributed by atoms with Crippen molar-refractivity contribution in [2.45, 2.75) is 12.8 Å². The first-order chi connectivity index (χ1) is 15.1. The summed E-state index contributed by atoms with van der Waals surface area (Å²) >= 11 is 1.02. The van der Waals surface area contributed by atoms with Crippen LogP contribution in [0.1, 0.15) is 31.2 Å². The number of nitrogens with two attached hydrogens (primary N) is 2. The Labute approximate surface area is 183 Å². The van der Waals surface area contributed by atoms with E-state index in [1.165, 1.54) is 42.6 Å². The number of hydrogen-bond acceptors (Lipinski definition) is 5. The van der Waals surface area contributed by atoms with Gasteiger partial charge in [0.25, 0.3) is 5.91 Å². The zero-order valence-electron chi connectivity index (χ0n) is 16.2. The Morgan fingerprint density at radius 3 is 2.53 bits per heavy atom. The fraction of sp³-hybridized carbons (Fsp3) is 0.0952. The van der Waals surface area contributed by atoms with Crippen LogP contribution in [0.5, 0.6) is 5.75 Å². The molecule has 3 heterocycles. The van der Waals surface area contributed by atoms with Crippen molar-refractivity contribution in [1.29, 1.82) is 0 Å². The van der Waals surface area contributed by atoms with Crippen LogP contribution < -0.4 is 16.2 Å². The second-order valence-electron chi connectivity index (χ2n) is 6.76. The van der Waals surface area contributed by atoms with Crippen LogP contribution in [0.4, 0.5) is 13.2 Å². The molecule has 0 saturated carbocycles. The van der Waals surface area contributed by atoms with Crippen molar-refractivity contribution in [2.75, 3.05) is 0 Å². The minimum Gasteiger partial charge on any atom is -0.487 e. The summed E-state index contributed by atoms with van der Waals surface area (Å²) in [6.07, 6.45) is -1.41. The SMILES string of the molecule is NC(=O)c1ccn2c(-c3cc(OCc4ccccc4C(F)(F)F)c(C(N)=O)s3)cnc2c1. The normalized spacial score (nSPS) is 11.6. The number of ether oxygens (including phenoxy) is 1. The van der Waals surface area contributed by atoms with Crippen molar-refractivity contribution in [3.8, 4) is 16.3 Å². The highest BCUT2D eigenvalue weighted by Gasteiger charge is 2.33. The number of hydrogen-bond donors (Lipinski definition) is 2. The molecular weight excluding hydrogens is 445 g/mol. The summed E-state index contributed by atoms with van der Waals surface area (Å²) in [5, 5.41) is 0. The van der Waals surface area contributed by atoms with Gasteiger partial charge in [-0.25, -0.2) is 4.98 Å². The molecule has 1 aromatic carbocycles. The molecule has 32 heavy (non-hydrogen) atoms. The van der Waals surface area contributed by atoms with Crippen LogP contribution in [0.2, 0.25) is 0 Å². The van der Waals surface area contributed by atoms with Crippen molar-refractivity contribution in [3.63, 3.8) is 0 Å². The molecule has 3 aromatic heterocycles. The van der Waals surface area contributed by atoms with E-state index in [4.69, 9.17) is 16.2 Å². The highest BCUT2D eigenvalue weighted by Crippen LogP contribution is 2.38. The zero-order chi connectivity index (χ0) is 23.0. The van der Waals surface area contributed by atoms with Gasteiger partial charge in [-0.05, 0) is 18.2 Å². The Bertz CT molecular complexity index is 1340. The van der Waals surface area contributed by atoms with E-state index >= 15 is 0 Å². The third-order valence-corrected chi connectivity index (χ3v) is 5.83. The minimum absolute atomic E-state index is 0.0631. The standard InChI is InChI=1S/C21H15F3N4O3S/c22-21(23,24)13-4-2-1-3-12(13)10-31-15-8-16(32-18(15)20(26)30)14-9-27-17-7-11(19(25)29)5-6-28(14)17/h1-9H,10H2,(H2,25,29)(H2,26,30). The number of halogens is 3. The monoisotopic (exact) mass is 460 g/mol. The molecule has 0 atom stereocenters. The Morgan fingerprint density at radius 1 is 1.09 bits per heavy atom. The van der Waals surface area contributed by atoms with Gasteiger partial charge in [0, 0.05) is 23.4 Å². The van der Waals surface area contributed by atoms with Crippen molar-refractivity contribution in [3.05, 3.63) is 76.4 Å². The van der Waals surface area contributed by atoms with Crippen LogP contribution >= 0.6 is 11.3 Å². The van der Waals surface area contributed by atoms with Crippen LogP contribution in [0.15, 0.2) is 54.9 Å². The van der Waals surface area contributed by atoms with E-state index < -0.39 is 30.2 Å². The molecule has 0 saturated heterocycles. The van der Waals surface area contributed by atoms with Gasteiger partial charge in [0.2, 0.25) is 5.91 Å². The third-order valence-electron chi connectivity index (χ3n) is 4.68. The van der Waals surface area contributed by atoms with E-state index in [2.05, 4.69) is 4.98 Å². The van der Waals surface area contributed by atoms with Gasteiger partial charge in [-0.2, -0.15) is 13.2 Å². The summed E-state index contributed by atoms with van der Waals surface area (Å²) in [5.41, 5.74) is 11.2. The highest BCUT2D eigenvalue weighted by molar-refractivity contribution is 7.17. The summed E-state index contributed by atoms with van der Waals surface area (Å²) in [4.78, 5) is 28.1. The first-order valence-electron chi connectivity index (χ1n) is 9.14. The largest absolute Gasteiger partial charge is 0.487 e. The molecule has 7 nitrogen and oxygen atoms in total. The molecule has 0 bridgehead atoms. The van der Waals surface area contributed by atoms with E-state index in [-0.39, 0.29) is 21.8 Å². The van der Waals surface area contributed by atoms with E-state index in [0.29, 0.717) is 16.2 Å². The van der Waals surface area contributed by atoms with Crippen molar-refractivity contribution in [1.82, 2.24) is 9.38 Å². The van der Waals surface area contributed by atoms with Gasteiger partial charge in [0.1, 0.15) is 22.9 Å². The van der Waals surface area contributed by atoms with Crippen LogP contribution in [0.3, 0.4) is 0 Å². The Hall–Kier alpha value is -3.86. The molecule has 0 spiro atoms. The molecule has 11 heteroatoms. The fourth-order valence-electron chi connectivity index (χ4n) is 3.17. The van der Waals surface area contributed by atoms with Crippen LogP contribution in [0, 0.1) is 0 Å². The molecule has 4 rings (SSSR count). The lowest BCUT2D eigenvalue weighted by Gasteiger charge is -2.13. The lowest BCUT2D eigenvalue weighted by Crippen LogP contribution is -2.13. The number of amides is 2. The summed E-state index contributed by atoms with van der Waals surface area (Å²) in [6.45, 7) is -0.402. The number of pyridine rings is 1. The van der Waals surface area contributed by atoms with Crippen molar-refractivity contribution in [2.24, 2.45) is 11.5 Å². The number of primary amides is 2. The molecule has 164 valence electrons. The maximum atomic E-state index is 13.2. The summed E-state index contributed by atoms with van der Waals surface area (Å²) in [7, 11) is 0. The quantitative estimate of drug-likeness (QED) is 0.455. The molecular formula is C21H15F3N4O3S. The molecule has 0 radical (unpaired) electrons. The second kappa shape index (κ2) is 8.00. The number of imidazole rings is 1. The number of carbonyl (C=O) groups excluding carboxylic acids is 2. The first kappa shape index (κ1) is 21.4. The van der Waals surface area contributed by atoms with E-state index in [1.807, 2.05) is 0 Å². The summed E-state index contributed by atoms with van der Waals surface area (Å²) in [6, 6.07) is 9.59. The number of benzene rings is 1. The number of fused-ring (bicyclic) bond motifs is 1. The van der Waals surface area contributed by atoms with Crippen molar-refractivity contribution < 1.29 is 27.5 Å². The Kier molecular flexibility index (Phi) is 5.35. The van der Waals surface area contributed by atoms with Crippen molar-refractivity contribution >= 4 is 28.8 Å². The topological polar surface area (TPSA) is 113 Å². The number of thiophene rings is 1. The maximum absolute atomic E-state index is 13.2. The molecule has 0 fully saturated rings. The van der Waals surface area contributed by atoms with Gasteiger partial charge in [-0.3, -0.25) is 14.0 Å². The summed E-state index contributed by atoms with van der Waals surface area (Å²) in [5.74, 6) is -1.30. The smallest absolute Gasteiger partial charge is 0.416 e. The first-order valence-corrected chi connectivity index (χ1v) is 9.95. The molecule has 4 N–H and O–H groups in total. The highest BCUT2D eigenvalue weighted by atomic mass is 32.1. The average molecular weight is 460 g/mol. The summed E-state index contributed by atoms with van der Waals surface area (Å²) < 4.78 is 46.9. The van der Waals surface area contributed by atoms with Crippen LogP contribution in [-0.2, 0) is 12.8 Å². The predicted molar refractivity (Wildman–Crippen MR) is 111 cm³/mol. The van der Waals surface area contributed by atoms with Gasteiger partial charge < -0.3 is 16.2 Å². The molecule has 0 unspecified atom stereocenters. The lowest BCUT2D eigenvalue weighted by molar-refractivity contribution is -0.138. The second-order valence-corrected chi connectivity index (χ2v) is 7.82. The molecule has 0 aliphatic carbocycles. The van der Waals surface area contributed by atoms with E-state index in [1.54, 1.807) is 10.6 Å². The number of rotatable bonds is 6. The van der Waals surface area contributed by atoms with Crippen LogP contribution in [-0.4, -0.2) is 21.2 Å². The Balaban J connectivity index is 1.68.